The van der Waals surface area contributed by atoms with Crippen LogP contribution < -0.4 is 51.7 Å². The van der Waals surface area contributed by atoms with E-state index in [4.69, 9.17) is 4.74 Å². The zero-order chi connectivity index (χ0) is 37.3. The molecular formula is C52H43BN2OSi. The lowest BCUT2D eigenvalue weighted by Gasteiger charge is -2.63. The fourth-order valence-electron chi connectivity index (χ4n) is 13.4. The van der Waals surface area contributed by atoms with Gasteiger partial charge in [0.2, 0.25) is 0 Å². The topological polar surface area (TPSA) is 15.7 Å². The van der Waals surface area contributed by atoms with Crippen LogP contribution in [0.3, 0.4) is 0 Å². The van der Waals surface area contributed by atoms with Crippen molar-refractivity contribution in [3.8, 4) is 11.5 Å². The Morgan fingerprint density at radius 2 is 1.02 bits per heavy atom. The third kappa shape index (κ3) is 4.38. The Balaban J connectivity index is 1.15. The molecule has 3 nitrogen and oxygen atoms in total. The molecule has 3 heterocycles. The number of hydrogen-bond acceptors (Lipinski definition) is 3. The molecule has 7 aromatic carbocycles. The summed E-state index contributed by atoms with van der Waals surface area (Å²) >= 11 is 0. The van der Waals surface area contributed by atoms with Gasteiger partial charge in [-0.05, 0) is 136 Å². The Labute approximate surface area is 336 Å². The number of nitrogens with zero attached hydrogens (tertiary/aromatic N) is 2. The smallest absolute Gasteiger partial charge is 0.256 e. The average Bonchev–Trinajstić information content (AvgIpc) is 3.25. The molecule has 0 radical (unpaired) electrons. The Morgan fingerprint density at radius 3 is 1.60 bits per heavy atom. The minimum atomic E-state index is -2.80. The Hall–Kier alpha value is -5.78. The minimum Gasteiger partial charge on any atom is -0.458 e. The van der Waals surface area contributed by atoms with Crippen LogP contribution in [-0.4, -0.2) is 20.3 Å². The molecule has 5 heteroatoms. The first-order valence-electron chi connectivity index (χ1n) is 21.1. The van der Waals surface area contributed by atoms with Crippen molar-refractivity contribution in [1.29, 1.82) is 0 Å². The number of anilines is 5. The molecule has 4 aliphatic carbocycles. The van der Waals surface area contributed by atoms with Crippen LogP contribution in [0.5, 0.6) is 11.5 Å². The highest BCUT2D eigenvalue weighted by Gasteiger charge is 2.60. The second-order valence-electron chi connectivity index (χ2n) is 17.8. The summed E-state index contributed by atoms with van der Waals surface area (Å²) in [7, 11) is -2.80. The summed E-state index contributed by atoms with van der Waals surface area (Å²) in [5.41, 5.74) is 10.6. The van der Waals surface area contributed by atoms with Crippen LogP contribution in [0.4, 0.5) is 28.4 Å². The van der Waals surface area contributed by atoms with Crippen LogP contribution in [-0.2, 0) is 0 Å². The van der Waals surface area contributed by atoms with Crippen molar-refractivity contribution in [2.75, 3.05) is 9.80 Å². The largest absolute Gasteiger partial charge is 0.458 e. The molecule has 14 rings (SSSR count). The maximum absolute atomic E-state index is 7.41. The third-order valence-electron chi connectivity index (χ3n) is 14.8. The van der Waals surface area contributed by atoms with Gasteiger partial charge >= 0.3 is 0 Å². The quantitative estimate of drug-likeness (QED) is 0.161. The van der Waals surface area contributed by atoms with Gasteiger partial charge in [0.15, 0.2) is 8.07 Å². The molecule has 0 amide bonds. The van der Waals surface area contributed by atoms with Crippen molar-refractivity contribution in [2.24, 2.45) is 17.8 Å². The Bertz CT molecular complexity index is 2610. The normalized spacial score (nSPS) is 23.5. The number of rotatable bonds is 6. The molecule has 0 saturated heterocycles. The molecule has 274 valence electrons. The summed E-state index contributed by atoms with van der Waals surface area (Å²) in [6.45, 7) is 0.0929. The molecule has 7 aromatic rings. The SMILES string of the molecule is c1ccc(N(c2ccccc2)c2cc3c4c(c2)N(C25CC6CC(CC(C6)C2)C5)c2cccc5c2B4c2c(cccc2[Si]5(c2ccccc2)c2ccccc2)O3)cc1. The van der Waals surface area contributed by atoms with Crippen LogP contribution in [0.2, 0.25) is 0 Å². The van der Waals surface area contributed by atoms with E-state index in [0.717, 1.165) is 46.3 Å². The lowest BCUT2D eigenvalue weighted by Crippen LogP contribution is -2.88. The maximum atomic E-state index is 7.41. The molecule has 0 unspecified atom stereocenters. The van der Waals surface area contributed by atoms with E-state index in [1.54, 1.807) is 5.19 Å². The van der Waals surface area contributed by atoms with E-state index >= 15 is 0 Å². The highest BCUT2D eigenvalue weighted by atomic mass is 28.3. The lowest BCUT2D eigenvalue weighted by molar-refractivity contribution is 0.000636. The van der Waals surface area contributed by atoms with Gasteiger partial charge in [0.05, 0.1) is 5.69 Å². The third-order valence-corrected chi connectivity index (χ3v) is 19.7. The van der Waals surface area contributed by atoms with Gasteiger partial charge in [-0.25, -0.2) is 0 Å². The summed E-state index contributed by atoms with van der Waals surface area (Å²) in [5, 5.41) is 5.88. The highest BCUT2D eigenvalue weighted by molar-refractivity contribution is 7.27. The number of ether oxygens (including phenoxy) is 1. The van der Waals surface area contributed by atoms with Crippen LogP contribution in [0.15, 0.2) is 170 Å². The molecule has 0 spiro atoms. The van der Waals surface area contributed by atoms with Crippen molar-refractivity contribution in [3.05, 3.63) is 170 Å². The second-order valence-corrected chi connectivity index (χ2v) is 21.6. The van der Waals surface area contributed by atoms with Gasteiger partial charge in [0.25, 0.3) is 6.71 Å². The van der Waals surface area contributed by atoms with E-state index in [1.165, 1.54) is 81.8 Å². The summed E-state index contributed by atoms with van der Waals surface area (Å²) in [4.78, 5) is 5.38. The van der Waals surface area contributed by atoms with Gasteiger partial charge in [0.1, 0.15) is 11.5 Å². The first kappa shape index (κ1) is 32.3. The first-order valence-corrected chi connectivity index (χ1v) is 23.1. The van der Waals surface area contributed by atoms with Gasteiger partial charge in [0, 0.05) is 34.4 Å². The monoisotopic (exact) mass is 750 g/mol. The Morgan fingerprint density at radius 1 is 0.491 bits per heavy atom. The molecule has 57 heavy (non-hydrogen) atoms. The summed E-state index contributed by atoms with van der Waals surface area (Å²) in [5.74, 6) is 4.43. The number of para-hydroxylation sites is 2. The van der Waals surface area contributed by atoms with E-state index in [1.807, 2.05) is 0 Å². The number of benzene rings is 7. The van der Waals surface area contributed by atoms with Crippen molar-refractivity contribution in [1.82, 2.24) is 0 Å². The van der Waals surface area contributed by atoms with Crippen LogP contribution >= 0.6 is 0 Å². The van der Waals surface area contributed by atoms with Gasteiger partial charge < -0.3 is 14.5 Å². The zero-order valence-electron chi connectivity index (χ0n) is 32.0. The Kier molecular flexibility index (Phi) is 6.73. The van der Waals surface area contributed by atoms with Crippen molar-refractivity contribution >= 4 is 80.4 Å². The van der Waals surface area contributed by atoms with Crippen LogP contribution in [0.25, 0.3) is 0 Å². The molecule has 0 N–H and O–H groups in total. The van der Waals surface area contributed by atoms with E-state index < -0.39 is 8.07 Å². The zero-order valence-corrected chi connectivity index (χ0v) is 33.0. The molecule has 4 bridgehead atoms. The van der Waals surface area contributed by atoms with Crippen molar-refractivity contribution < 1.29 is 4.74 Å². The maximum Gasteiger partial charge on any atom is 0.256 e. The van der Waals surface area contributed by atoms with Crippen LogP contribution in [0.1, 0.15) is 38.5 Å². The van der Waals surface area contributed by atoms with Crippen LogP contribution in [0, 0.1) is 17.8 Å². The molecule has 0 atom stereocenters. The van der Waals surface area contributed by atoms with E-state index in [2.05, 4.69) is 180 Å². The fraction of sp³-hybridized carbons (Fsp3) is 0.192. The van der Waals surface area contributed by atoms with Gasteiger partial charge in [-0.3, -0.25) is 0 Å². The molecule has 4 saturated carbocycles. The fourth-order valence-corrected chi connectivity index (χ4v) is 18.7. The van der Waals surface area contributed by atoms with Crippen molar-refractivity contribution in [2.45, 2.75) is 44.1 Å². The predicted octanol–water partition coefficient (Wildman–Crippen LogP) is 7.89. The predicted molar refractivity (Wildman–Crippen MR) is 239 cm³/mol. The molecule has 0 aromatic heterocycles. The standard InChI is InChI=1S/C52H43BN2OSi/c1-5-15-38(16-6-1)54(39-17-7-2-8-18-39)40-30-44-49-46(31-40)56-45-24-14-26-48-51(45)53(49)50-43(55(44)52-32-35-27-36(33-52)29-37(28-35)34-52)23-13-25-47(50)57(48,41-19-9-3-10-20-41)42-21-11-4-12-22-42/h1-26,30-31,35-37H,27-29,32-34H2. The molecule has 3 aliphatic heterocycles. The van der Waals surface area contributed by atoms with E-state index in [9.17, 15) is 0 Å². The summed E-state index contributed by atoms with van der Waals surface area (Å²) in [6.07, 6.45) is 8.06. The second kappa shape index (κ2) is 11.9. The first-order chi connectivity index (χ1) is 28.2. The summed E-state index contributed by atoms with van der Waals surface area (Å²) < 4.78 is 7.41. The van der Waals surface area contributed by atoms with Gasteiger partial charge in [-0.15, -0.1) is 0 Å². The number of hydrogen-bond donors (Lipinski definition) is 0. The van der Waals surface area contributed by atoms with Gasteiger partial charge in [-0.1, -0.05) is 121 Å². The van der Waals surface area contributed by atoms with Crippen molar-refractivity contribution in [3.63, 3.8) is 0 Å². The van der Waals surface area contributed by atoms with Gasteiger partial charge in [-0.2, -0.15) is 0 Å². The average molecular weight is 751 g/mol. The summed E-state index contributed by atoms with van der Waals surface area (Å²) in [6, 6.07) is 64.1. The molecule has 7 aliphatic rings. The minimum absolute atomic E-state index is 0.0759. The van der Waals surface area contributed by atoms with E-state index in [0.29, 0.717) is 0 Å². The molecule has 4 fully saturated rings. The lowest BCUT2D eigenvalue weighted by atomic mass is 9.33. The van der Waals surface area contributed by atoms with E-state index in [-0.39, 0.29) is 12.3 Å². The highest BCUT2D eigenvalue weighted by Crippen LogP contribution is 2.60. The molecular weight excluding hydrogens is 707 g/mol.